The number of aryl methyl sites for hydroxylation is 2. The van der Waals surface area contributed by atoms with Crippen LogP contribution in [0.1, 0.15) is 0 Å². The minimum atomic E-state index is -0.568. The van der Waals surface area contributed by atoms with Gasteiger partial charge in [0.2, 0.25) is 11.4 Å². The van der Waals surface area contributed by atoms with Crippen molar-refractivity contribution in [3.8, 4) is 22.5 Å². The van der Waals surface area contributed by atoms with Gasteiger partial charge in [0, 0.05) is 30.3 Å². The second-order valence-electron chi connectivity index (χ2n) is 5.21. The fraction of sp³-hybridized carbons (Fsp3) is 0.111. The zero-order valence-electron chi connectivity index (χ0n) is 12.4. The molecule has 0 aliphatic carbocycles. The molecule has 3 aromatic rings. The second-order valence-corrected chi connectivity index (χ2v) is 5.21. The van der Waals surface area contributed by atoms with Crippen molar-refractivity contribution < 1.29 is 17.9 Å². The van der Waals surface area contributed by atoms with Gasteiger partial charge in [0.05, 0.1) is 11.1 Å². The Hall–Kier alpha value is -2.62. The molecule has 2 aromatic heterocycles. The summed E-state index contributed by atoms with van der Waals surface area (Å²) in [7, 11) is 3.67. The van der Waals surface area contributed by atoms with Crippen molar-refractivity contribution in [2.75, 3.05) is 0 Å². The monoisotopic (exact) mass is 298 g/mol. The molecule has 110 valence electrons. The molecule has 4 heteroatoms. The van der Waals surface area contributed by atoms with Crippen LogP contribution in [-0.4, -0.2) is 0 Å². The molecule has 1 aromatic carbocycles. The summed E-state index contributed by atoms with van der Waals surface area (Å²) >= 11 is 0. The molecule has 0 bridgehead atoms. The molecule has 3 rings (SSSR count). The van der Waals surface area contributed by atoms with E-state index in [0.717, 1.165) is 6.07 Å². The van der Waals surface area contributed by atoms with Crippen LogP contribution in [0, 0.1) is 11.6 Å². The van der Waals surface area contributed by atoms with Crippen LogP contribution in [0.5, 0.6) is 0 Å². The Bertz CT molecular complexity index is 777. The van der Waals surface area contributed by atoms with Crippen LogP contribution in [0.25, 0.3) is 22.5 Å². The summed E-state index contributed by atoms with van der Waals surface area (Å²) in [5.41, 5.74) is 2.14. The molecule has 0 unspecified atom stereocenters. The molecule has 0 atom stereocenters. The van der Waals surface area contributed by atoms with Crippen molar-refractivity contribution in [1.82, 2.24) is 0 Å². The van der Waals surface area contributed by atoms with Crippen molar-refractivity contribution in [1.29, 1.82) is 0 Å². The molecule has 0 spiro atoms. The standard InChI is InChI=1S/C18H16F2N2/c1-21-9-5-3-7-17(21)13-11-14(16(20)12-15(13)19)18-8-4-6-10-22(18)2/h3-12H,1-2H3/q+2. The summed E-state index contributed by atoms with van der Waals surface area (Å²) in [4.78, 5) is 0. The number of benzene rings is 1. The van der Waals surface area contributed by atoms with Crippen molar-refractivity contribution in [2.24, 2.45) is 14.1 Å². The molecule has 0 saturated heterocycles. The van der Waals surface area contributed by atoms with E-state index in [4.69, 9.17) is 0 Å². The van der Waals surface area contributed by atoms with E-state index in [1.807, 2.05) is 72.0 Å². The number of hydrogen-bond donors (Lipinski definition) is 0. The van der Waals surface area contributed by atoms with Gasteiger partial charge in [0.25, 0.3) is 0 Å². The fourth-order valence-electron chi connectivity index (χ4n) is 2.55. The predicted molar refractivity (Wildman–Crippen MR) is 79.6 cm³/mol. The van der Waals surface area contributed by atoms with E-state index in [-0.39, 0.29) is 0 Å². The van der Waals surface area contributed by atoms with E-state index in [1.54, 1.807) is 6.07 Å². The van der Waals surface area contributed by atoms with Gasteiger partial charge in [-0.15, -0.1) is 0 Å². The quantitative estimate of drug-likeness (QED) is 0.643. The van der Waals surface area contributed by atoms with Gasteiger partial charge in [-0.25, -0.2) is 17.9 Å². The molecule has 0 N–H and O–H groups in total. The maximum Gasteiger partial charge on any atom is 0.215 e. The number of halogens is 2. The largest absolute Gasteiger partial charge is 0.215 e. The lowest BCUT2D eigenvalue weighted by Gasteiger charge is -2.06. The highest BCUT2D eigenvalue weighted by Crippen LogP contribution is 2.28. The molecule has 0 radical (unpaired) electrons. The average Bonchev–Trinajstić information content (AvgIpc) is 2.50. The van der Waals surface area contributed by atoms with Crippen LogP contribution in [0.15, 0.2) is 60.9 Å². The van der Waals surface area contributed by atoms with Gasteiger partial charge >= 0.3 is 0 Å². The normalized spacial score (nSPS) is 10.7. The van der Waals surface area contributed by atoms with E-state index >= 15 is 0 Å². The maximum atomic E-state index is 14.3. The third-order valence-electron chi connectivity index (χ3n) is 3.72. The molecule has 0 aliphatic rings. The van der Waals surface area contributed by atoms with Gasteiger partial charge < -0.3 is 0 Å². The van der Waals surface area contributed by atoms with Crippen LogP contribution in [-0.2, 0) is 14.1 Å². The first-order valence-corrected chi connectivity index (χ1v) is 6.97. The molecule has 0 saturated carbocycles. The zero-order valence-corrected chi connectivity index (χ0v) is 12.4. The molecular weight excluding hydrogens is 282 g/mol. The summed E-state index contributed by atoms with van der Waals surface area (Å²) < 4.78 is 32.1. The summed E-state index contributed by atoms with van der Waals surface area (Å²) in [6, 6.07) is 13.5. The van der Waals surface area contributed by atoms with Crippen molar-refractivity contribution in [3.05, 3.63) is 72.6 Å². The zero-order chi connectivity index (χ0) is 15.7. The van der Waals surface area contributed by atoms with Gasteiger partial charge in [-0.1, -0.05) is 0 Å². The lowest BCUT2D eigenvalue weighted by atomic mass is 10.0. The molecule has 2 nitrogen and oxygen atoms in total. The van der Waals surface area contributed by atoms with Crippen molar-refractivity contribution in [2.45, 2.75) is 0 Å². The topological polar surface area (TPSA) is 7.76 Å². The highest BCUT2D eigenvalue weighted by molar-refractivity contribution is 5.68. The molecule has 2 heterocycles. The molecular formula is C18H16F2N2+2. The smallest absolute Gasteiger partial charge is 0.206 e. The third kappa shape index (κ3) is 2.48. The minimum Gasteiger partial charge on any atom is -0.206 e. The summed E-state index contributed by atoms with van der Waals surface area (Å²) in [6.45, 7) is 0. The summed E-state index contributed by atoms with van der Waals surface area (Å²) in [5, 5.41) is 0. The Morgan fingerprint density at radius 3 is 1.55 bits per heavy atom. The first kappa shape index (κ1) is 14.3. The number of pyridine rings is 2. The summed E-state index contributed by atoms with van der Waals surface area (Å²) in [5.74, 6) is -1.14. The van der Waals surface area contributed by atoms with Gasteiger partial charge in [-0.05, 0) is 18.2 Å². The van der Waals surface area contributed by atoms with Crippen molar-refractivity contribution in [3.63, 3.8) is 0 Å². The summed E-state index contributed by atoms with van der Waals surface area (Å²) in [6.07, 6.45) is 3.67. The first-order chi connectivity index (χ1) is 10.6. The van der Waals surface area contributed by atoms with Gasteiger partial charge in [0.1, 0.15) is 25.7 Å². The number of aromatic nitrogens is 2. The second kappa shape index (κ2) is 5.64. The SMILES string of the molecule is C[n+]1ccccc1-c1cc(-c2cccc[n+]2C)c(F)cc1F. The van der Waals surface area contributed by atoms with Gasteiger partial charge in [0.15, 0.2) is 12.4 Å². The lowest BCUT2D eigenvalue weighted by Crippen LogP contribution is -2.31. The van der Waals surface area contributed by atoms with E-state index in [2.05, 4.69) is 0 Å². The molecule has 0 fully saturated rings. The minimum absolute atomic E-state index is 0.378. The molecule has 0 amide bonds. The lowest BCUT2D eigenvalue weighted by molar-refractivity contribution is -0.660. The highest BCUT2D eigenvalue weighted by atomic mass is 19.1. The Labute approximate surface area is 127 Å². The Kier molecular flexibility index (Phi) is 3.67. The van der Waals surface area contributed by atoms with Crippen LogP contribution in [0.3, 0.4) is 0 Å². The third-order valence-corrected chi connectivity index (χ3v) is 3.72. The van der Waals surface area contributed by atoms with Crippen LogP contribution in [0.2, 0.25) is 0 Å². The number of rotatable bonds is 2. The van der Waals surface area contributed by atoms with Crippen LogP contribution < -0.4 is 9.13 Å². The Balaban J connectivity index is 2.25. The van der Waals surface area contributed by atoms with E-state index in [0.29, 0.717) is 22.5 Å². The van der Waals surface area contributed by atoms with E-state index in [9.17, 15) is 8.78 Å². The van der Waals surface area contributed by atoms with Crippen molar-refractivity contribution >= 4 is 0 Å². The molecule has 22 heavy (non-hydrogen) atoms. The van der Waals surface area contributed by atoms with E-state index in [1.165, 1.54) is 0 Å². The Morgan fingerprint density at radius 1 is 0.682 bits per heavy atom. The number of nitrogens with zero attached hydrogens (tertiary/aromatic N) is 2. The molecule has 0 aliphatic heterocycles. The van der Waals surface area contributed by atoms with E-state index < -0.39 is 11.6 Å². The highest BCUT2D eigenvalue weighted by Gasteiger charge is 2.21. The first-order valence-electron chi connectivity index (χ1n) is 6.97. The van der Waals surface area contributed by atoms with Gasteiger partial charge in [-0.2, -0.15) is 0 Å². The number of hydrogen-bond acceptors (Lipinski definition) is 0. The predicted octanol–water partition coefficient (Wildman–Crippen LogP) is 2.95. The van der Waals surface area contributed by atoms with Crippen LogP contribution in [0.4, 0.5) is 8.78 Å². The van der Waals surface area contributed by atoms with Crippen LogP contribution >= 0.6 is 0 Å². The average molecular weight is 298 g/mol. The maximum absolute atomic E-state index is 14.3. The fourth-order valence-corrected chi connectivity index (χ4v) is 2.55. The Morgan fingerprint density at radius 2 is 1.14 bits per heavy atom. The van der Waals surface area contributed by atoms with Gasteiger partial charge in [-0.3, -0.25) is 0 Å².